The molecule has 2 rings (SSSR count). The maximum Gasteiger partial charge on any atom is 0.143 e. The minimum atomic E-state index is -0.414. The molecular formula is C19H27N3O. The minimum Gasteiger partial charge on any atom is -0.299 e. The van der Waals surface area contributed by atoms with Crippen LogP contribution in [0.4, 0.5) is 0 Å². The number of Topliss-reactive ketones (excluding diaryl/α,β-unsaturated/α-hetero) is 1. The third-order valence-corrected chi connectivity index (χ3v) is 5.32. The fourth-order valence-electron chi connectivity index (χ4n) is 3.84. The lowest BCUT2D eigenvalue weighted by atomic mass is 9.58. The van der Waals surface area contributed by atoms with Gasteiger partial charge in [-0.05, 0) is 48.1 Å². The van der Waals surface area contributed by atoms with Gasteiger partial charge in [0.15, 0.2) is 0 Å². The molecule has 2 atom stereocenters. The molecule has 0 bridgehead atoms. The molecule has 1 fully saturated rings. The van der Waals surface area contributed by atoms with Gasteiger partial charge >= 0.3 is 0 Å². The summed E-state index contributed by atoms with van der Waals surface area (Å²) in [7, 11) is 0. The van der Waals surface area contributed by atoms with Crippen LogP contribution < -0.4 is 0 Å². The quantitative estimate of drug-likeness (QED) is 0.309. The number of carbonyl (C=O) groups excluding carboxylic acids is 1. The molecule has 0 amide bonds. The van der Waals surface area contributed by atoms with Crippen molar-refractivity contribution in [2.45, 2.75) is 58.3 Å². The highest BCUT2D eigenvalue weighted by molar-refractivity contribution is 5.91. The van der Waals surface area contributed by atoms with Crippen LogP contribution in [0.5, 0.6) is 0 Å². The summed E-state index contributed by atoms with van der Waals surface area (Å²) >= 11 is 0. The monoisotopic (exact) mass is 313 g/mol. The molecule has 0 N–H and O–H groups in total. The van der Waals surface area contributed by atoms with Gasteiger partial charge in [0, 0.05) is 17.9 Å². The molecule has 0 heterocycles. The molecule has 0 saturated heterocycles. The van der Waals surface area contributed by atoms with Crippen molar-refractivity contribution in [3.05, 3.63) is 46.3 Å². The summed E-state index contributed by atoms with van der Waals surface area (Å²) in [5, 5.41) is 3.64. The average Bonchev–Trinajstić information content (AvgIpc) is 2.53. The number of hydrogen-bond donors (Lipinski definition) is 0. The molecular weight excluding hydrogens is 286 g/mol. The second kappa shape index (κ2) is 7.18. The first-order valence-corrected chi connectivity index (χ1v) is 8.50. The van der Waals surface area contributed by atoms with E-state index < -0.39 is 5.41 Å². The maximum atomic E-state index is 12.9. The van der Waals surface area contributed by atoms with Gasteiger partial charge in [-0.2, -0.15) is 0 Å². The fraction of sp³-hybridized carbons (Fsp3) is 0.632. The van der Waals surface area contributed by atoms with Crippen LogP contribution in [0.25, 0.3) is 10.4 Å². The van der Waals surface area contributed by atoms with E-state index in [0.29, 0.717) is 24.7 Å². The smallest absolute Gasteiger partial charge is 0.143 e. The van der Waals surface area contributed by atoms with Gasteiger partial charge in [0.25, 0.3) is 0 Å². The number of ketones is 1. The summed E-state index contributed by atoms with van der Waals surface area (Å²) in [6, 6.07) is 10.2. The molecule has 4 nitrogen and oxygen atoms in total. The standard InChI is InChI=1S/C19H27N3O/c1-18(2,3)16-10-11-17(23)19(14-16,12-7-13-21-22-20)15-8-5-4-6-9-15/h4-6,8-9,16H,7,10-14H2,1-3H3/t16-,19+/m1/s1. The van der Waals surface area contributed by atoms with Gasteiger partial charge in [-0.15, -0.1) is 0 Å². The van der Waals surface area contributed by atoms with Crippen molar-refractivity contribution in [2.24, 2.45) is 16.4 Å². The van der Waals surface area contributed by atoms with Crippen molar-refractivity contribution in [2.75, 3.05) is 6.54 Å². The van der Waals surface area contributed by atoms with E-state index in [4.69, 9.17) is 5.53 Å². The zero-order valence-electron chi connectivity index (χ0n) is 14.5. The van der Waals surface area contributed by atoms with E-state index in [9.17, 15) is 4.79 Å². The van der Waals surface area contributed by atoms with E-state index in [1.165, 1.54) is 0 Å². The Morgan fingerprint density at radius 3 is 2.61 bits per heavy atom. The van der Waals surface area contributed by atoms with Crippen LogP contribution in [-0.2, 0) is 10.2 Å². The molecule has 23 heavy (non-hydrogen) atoms. The van der Waals surface area contributed by atoms with Crippen LogP contribution in [0.15, 0.2) is 35.4 Å². The molecule has 0 unspecified atom stereocenters. The van der Waals surface area contributed by atoms with Gasteiger partial charge in [-0.25, -0.2) is 0 Å². The lowest BCUT2D eigenvalue weighted by Crippen LogP contribution is -2.44. The first-order chi connectivity index (χ1) is 10.9. The topological polar surface area (TPSA) is 65.8 Å². The molecule has 0 aliphatic heterocycles. The predicted molar refractivity (Wildman–Crippen MR) is 93.2 cm³/mol. The number of azide groups is 1. The SMILES string of the molecule is CC(C)(C)[C@@H]1CCC(=O)[C@](CCCN=[N+]=[N-])(c2ccccc2)C1. The summed E-state index contributed by atoms with van der Waals surface area (Å²) in [6.07, 6.45) is 4.05. The zero-order chi connectivity index (χ0) is 16.9. The average molecular weight is 313 g/mol. The Balaban J connectivity index is 2.34. The lowest BCUT2D eigenvalue weighted by Gasteiger charge is -2.45. The molecule has 1 aromatic rings. The Morgan fingerprint density at radius 1 is 1.30 bits per heavy atom. The van der Waals surface area contributed by atoms with Crippen molar-refractivity contribution >= 4 is 5.78 Å². The molecule has 1 aliphatic rings. The first-order valence-electron chi connectivity index (χ1n) is 8.50. The number of carbonyl (C=O) groups is 1. The van der Waals surface area contributed by atoms with Crippen LogP contribution in [0.1, 0.15) is 58.4 Å². The van der Waals surface area contributed by atoms with Crippen LogP contribution in [0.2, 0.25) is 0 Å². The Labute approximate surface area is 138 Å². The zero-order valence-corrected chi connectivity index (χ0v) is 14.5. The van der Waals surface area contributed by atoms with E-state index in [0.717, 1.165) is 31.2 Å². The summed E-state index contributed by atoms with van der Waals surface area (Å²) in [5.74, 6) is 0.880. The molecule has 1 aromatic carbocycles. The lowest BCUT2D eigenvalue weighted by molar-refractivity contribution is -0.129. The fourth-order valence-corrected chi connectivity index (χ4v) is 3.84. The third-order valence-electron chi connectivity index (χ3n) is 5.32. The second-order valence-electron chi connectivity index (χ2n) is 7.74. The normalized spacial score (nSPS) is 25.0. The van der Waals surface area contributed by atoms with Crippen molar-refractivity contribution in [1.82, 2.24) is 0 Å². The van der Waals surface area contributed by atoms with E-state index in [1.54, 1.807) is 0 Å². The van der Waals surface area contributed by atoms with Crippen molar-refractivity contribution < 1.29 is 4.79 Å². The summed E-state index contributed by atoms with van der Waals surface area (Å²) in [6.45, 7) is 7.26. The molecule has 1 aliphatic carbocycles. The highest BCUT2D eigenvalue weighted by Crippen LogP contribution is 2.48. The van der Waals surface area contributed by atoms with E-state index in [1.807, 2.05) is 18.2 Å². The van der Waals surface area contributed by atoms with E-state index >= 15 is 0 Å². The Kier molecular flexibility index (Phi) is 5.48. The molecule has 4 heteroatoms. The first kappa shape index (κ1) is 17.6. The van der Waals surface area contributed by atoms with Gasteiger partial charge in [-0.1, -0.05) is 56.2 Å². The third kappa shape index (κ3) is 3.94. The van der Waals surface area contributed by atoms with Gasteiger partial charge in [0.05, 0.1) is 5.41 Å². The van der Waals surface area contributed by atoms with Crippen LogP contribution in [0, 0.1) is 11.3 Å². The van der Waals surface area contributed by atoms with Crippen LogP contribution >= 0.6 is 0 Å². The highest BCUT2D eigenvalue weighted by atomic mass is 16.1. The largest absolute Gasteiger partial charge is 0.299 e. The molecule has 0 radical (unpaired) electrons. The van der Waals surface area contributed by atoms with Crippen molar-refractivity contribution in [1.29, 1.82) is 0 Å². The molecule has 1 saturated carbocycles. The molecule has 0 spiro atoms. The second-order valence-corrected chi connectivity index (χ2v) is 7.74. The van der Waals surface area contributed by atoms with Crippen LogP contribution in [-0.4, -0.2) is 12.3 Å². The van der Waals surface area contributed by atoms with E-state index in [-0.39, 0.29) is 5.41 Å². The van der Waals surface area contributed by atoms with Gasteiger partial charge in [-0.3, -0.25) is 4.79 Å². The van der Waals surface area contributed by atoms with Crippen molar-refractivity contribution in [3.8, 4) is 0 Å². The summed E-state index contributed by atoms with van der Waals surface area (Å²) < 4.78 is 0. The van der Waals surface area contributed by atoms with E-state index in [2.05, 4.69) is 42.9 Å². The maximum absolute atomic E-state index is 12.9. The Hall–Kier alpha value is -1.80. The Morgan fingerprint density at radius 2 is 2.00 bits per heavy atom. The minimum absolute atomic E-state index is 0.200. The van der Waals surface area contributed by atoms with Gasteiger partial charge < -0.3 is 0 Å². The summed E-state index contributed by atoms with van der Waals surface area (Å²) in [5.41, 5.74) is 9.39. The molecule has 0 aromatic heterocycles. The molecule has 124 valence electrons. The Bertz CT molecular complexity index is 584. The summed E-state index contributed by atoms with van der Waals surface area (Å²) in [4.78, 5) is 15.8. The number of benzene rings is 1. The number of hydrogen-bond acceptors (Lipinski definition) is 2. The van der Waals surface area contributed by atoms with Gasteiger partial charge in [0.2, 0.25) is 0 Å². The van der Waals surface area contributed by atoms with Crippen LogP contribution in [0.3, 0.4) is 0 Å². The highest BCUT2D eigenvalue weighted by Gasteiger charge is 2.46. The van der Waals surface area contributed by atoms with Crippen molar-refractivity contribution in [3.63, 3.8) is 0 Å². The number of nitrogens with zero attached hydrogens (tertiary/aromatic N) is 3. The number of rotatable bonds is 5. The predicted octanol–water partition coefficient (Wildman–Crippen LogP) is 5.43. The van der Waals surface area contributed by atoms with Gasteiger partial charge in [0.1, 0.15) is 5.78 Å².